The fourth-order valence-corrected chi connectivity index (χ4v) is 4.18. The number of rotatable bonds is 3. The van der Waals surface area contributed by atoms with Crippen LogP contribution >= 0.6 is 0 Å². The number of hydrogen-bond acceptors (Lipinski definition) is 1. The van der Waals surface area contributed by atoms with Crippen molar-refractivity contribution in [3.8, 4) is 0 Å². The molecule has 1 aromatic heterocycles. The summed E-state index contributed by atoms with van der Waals surface area (Å²) in [7, 11) is 2.13. The molecule has 0 spiro atoms. The van der Waals surface area contributed by atoms with Gasteiger partial charge in [0.2, 0.25) is 0 Å². The highest BCUT2D eigenvalue weighted by Crippen LogP contribution is 2.57. The Labute approximate surface area is 104 Å². The van der Waals surface area contributed by atoms with E-state index in [0.29, 0.717) is 5.41 Å². The molecule has 1 N–H and O–H groups in total. The van der Waals surface area contributed by atoms with Gasteiger partial charge in [-0.2, -0.15) is 0 Å². The van der Waals surface area contributed by atoms with Gasteiger partial charge in [-0.1, -0.05) is 13.8 Å². The maximum Gasteiger partial charge on any atom is 0.0361 e. The molecule has 3 unspecified atom stereocenters. The van der Waals surface area contributed by atoms with Crippen LogP contribution in [0.2, 0.25) is 0 Å². The fourth-order valence-electron chi connectivity index (χ4n) is 4.18. The van der Waals surface area contributed by atoms with Crippen molar-refractivity contribution in [1.82, 2.24) is 9.88 Å². The normalized spacial score (nSPS) is 34.4. The van der Waals surface area contributed by atoms with Crippen molar-refractivity contribution >= 4 is 0 Å². The lowest BCUT2D eigenvalue weighted by Crippen LogP contribution is -2.35. The summed E-state index contributed by atoms with van der Waals surface area (Å²) in [6, 6.07) is 5.09. The first-order valence-corrected chi connectivity index (χ1v) is 6.92. The molecular formula is C15H24N2. The molecule has 3 atom stereocenters. The average Bonchev–Trinajstić information content (AvgIpc) is 2.89. The summed E-state index contributed by atoms with van der Waals surface area (Å²) in [6.07, 6.45) is 6.41. The molecule has 0 aromatic carbocycles. The van der Waals surface area contributed by atoms with Crippen molar-refractivity contribution < 1.29 is 0 Å². The molecule has 2 bridgehead atoms. The van der Waals surface area contributed by atoms with Gasteiger partial charge >= 0.3 is 0 Å². The molecule has 1 heterocycles. The van der Waals surface area contributed by atoms with E-state index >= 15 is 0 Å². The van der Waals surface area contributed by atoms with Gasteiger partial charge in [-0.3, -0.25) is 0 Å². The lowest BCUT2D eigenvalue weighted by Gasteiger charge is -2.27. The van der Waals surface area contributed by atoms with Crippen LogP contribution in [-0.2, 0) is 13.6 Å². The van der Waals surface area contributed by atoms with Gasteiger partial charge in [0.05, 0.1) is 0 Å². The molecule has 3 rings (SSSR count). The molecular weight excluding hydrogens is 208 g/mol. The Kier molecular flexibility index (Phi) is 2.58. The van der Waals surface area contributed by atoms with E-state index in [9.17, 15) is 0 Å². The third-order valence-electron chi connectivity index (χ3n) is 5.45. The Hall–Kier alpha value is -0.760. The number of fused-ring (bicyclic) bond motifs is 2. The van der Waals surface area contributed by atoms with E-state index in [0.717, 1.165) is 24.4 Å². The van der Waals surface area contributed by atoms with Crippen molar-refractivity contribution in [3.63, 3.8) is 0 Å². The van der Waals surface area contributed by atoms with Gasteiger partial charge in [-0.15, -0.1) is 0 Å². The van der Waals surface area contributed by atoms with Crippen LogP contribution in [0.5, 0.6) is 0 Å². The molecule has 0 aliphatic heterocycles. The lowest BCUT2D eigenvalue weighted by molar-refractivity contribution is 0.243. The second kappa shape index (κ2) is 3.88. The second-order valence-electron chi connectivity index (χ2n) is 6.54. The molecule has 2 aliphatic carbocycles. The maximum absolute atomic E-state index is 3.79. The van der Waals surface area contributed by atoms with E-state index in [1.54, 1.807) is 0 Å². The third-order valence-corrected chi connectivity index (χ3v) is 5.45. The monoisotopic (exact) mass is 232 g/mol. The molecule has 0 saturated heterocycles. The quantitative estimate of drug-likeness (QED) is 0.848. The summed E-state index contributed by atoms with van der Waals surface area (Å²) >= 11 is 0. The van der Waals surface area contributed by atoms with Crippen molar-refractivity contribution in [1.29, 1.82) is 0 Å². The molecule has 2 aliphatic rings. The zero-order valence-corrected chi connectivity index (χ0v) is 11.2. The van der Waals surface area contributed by atoms with Gasteiger partial charge in [-0.05, 0) is 48.6 Å². The van der Waals surface area contributed by atoms with Crippen LogP contribution in [0.3, 0.4) is 0 Å². The summed E-state index contributed by atoms with van der Waals surface area (Å²) in [5.41, 5.74) is 1.97. The smallest absolute Gasteiger partial charge is 0.0361 e. The first-order valence-electron chi connectivity index (χ1n) is 6.92. The molecule has 94 valence electrons. The van der Waals surface area contributed by atoms with Gasteiger partial charge in [0.1, 0.15) is 0 Å². The van der Waals surface area contributed by atoms with Crippen molar-refractivity contribution in [2.45, 2.75) is 45.7 Å². The van der Waals surface area contributed by atoms with Crippen LogP contribution in [0.25, 0.3) is 0 Å². The van der Waals surface area contributed by atoms with Gasteiger partial charge < -0.3 is 9.88 Å². The number of aromatic nitrogens is 1. The number of aryl methyl sites for hydroxylation is 1. The number of hydrogen-bond donors (Lipinski definition) is 1. The topological polar surface area (TPSA) is 17.0 Å². The Bertz CT molecular complexity index is 405. The molecule has 2 nitrogen and oxygen atoms in total. The molecule has 2 fully saturated rings. The van der Waals surface area contributed by atoms with Crippen molar-refractivity contribution in [3.05, 3.63) is 24.0 Å². The van der Waals surface area contributed by atoms with Gasteiger partial charge in [-0.25, -0.2) is 0 Å². The minimum Gasteiger partial charge on any atom is -0.353 e. The average molecular weight is 232 g/mol. The van der Waals surface area contributed by atoms with E-state index in [1.165, 1.54) is 25.0 Å². The second-order valence-corrected chi connectivity index (χ2v) is 6.54. The first kappa shape index (κ1) is 11.3. The SMILES string of the molecule is Cn1cccc1CNC1CC2CCC1C2(C)C. The summed E-state index contributed by atoms with van der Waals surface area (Å²) in [6.45, 7) is 5.96. The van der Waals surface area contributed by atoms with Gasteiger partial charge in [0, 0.05) is 31.5 Å². The van der Waals surface area contributed by atoms with Gasteiger partial charge in [0.15, 0.2) is 0 Å². The first-order chi connectivity index (χ1) is 8.09. The van der Waals surface area contributed by atoms with E-state index < -0.39 is 0 Å². The summed E-state index contributed by atoms with van der Waals surface area (Å²) in [5.74, 6) is 1.85. The molecule has 0 amide bonds. The zero-order chi connectivity index (χ0) is 12.0. The maximum atomic E-state index is 3.79. The molecule has 0 radical (unpaired) electrons. The zero-order valence-electron chi connectivity index (χ0n) is 11.2. The highest BCUT2D eigenvalue weighted by Gasteiger charge is 2.52. The van der Waals surface area contributed by atoms with Gasteiger partial charge in [0.25, 0.3) is 0 Å². The predicted molar refractivity (Wildman–Crippen MR) is 70.7 cm³/mol. The standard InChI is InChI=1S/C15H24N2/c1-15(2)11-6-7-13(15)14(9-11)16-10-12-5-4-8-17(12)3/h4-5,8,11,13-14,16H,6-7,9-10H2,1-3H3. The fraction of sp³-hybridized carbons (Fsp3) is 0.733. The van der Waals surface area contributed by atoms with Crippen LogP contribution < -0.4 is 5.32 Å². The Morgan fingerprint density at radius 2 is 2.24 bits per heavy atom. The van der Waals surface area contributed by atoms with E-state index in [4.69, 9.17) is 0 Å². The largest absolute Gasteiger partial charge is 0.353 e. The van der Waals surface area contributed by atoms with Crippen LogP contribution in [0.4, 0.5) is 0 Å². The van der Waals surface area contributed by atoms with E-state index in [-0.39, 0.29) is 0 Å². The van der Waals surface area contributed by atoms with Crippen LogP contribution in [0.1, 0.15) is 38.8 Å². The Morgan fingerprint density at radius 1 is 1.41 bits per heavy atom. The Balaban J connectivity index is 1.63. The van der Waals surface area contributed by atoms with Crippen LogP contribution in [-0.4, -0.2) is 10.6 Å². The highest BCUT2D eigenvalue weighted by molar-refractivity contribution is 5.09. The van der Waals surface area contributed by atoms with Crippen LogP contribution in [0.15, 0.2) is 18.3 Å². The van der Waals surface area contributed by atoms with E-state index in [1.807, 2.05) is 0 Å². The predicted octanol–water partition coefficient (Wildman–Crippen LogP) is 2.94. The number of nitrogens with zero attached hydrogens (tertiary/aromatic N) is 1. The van der Waals surface area contributed by atoms with Crippen molar-refractivity contribution in [2.24, 2.45) is 24.3 Å². The summed E-state index contributed by atoms with van der Waals surface area (Å²) in [4.78, 5) is 0. The lowest BCUT2D eigenvalue weighted by atomic mass is 9.81. The molecule has 2 heteroatoms. The molecule has 17 heavy (non-hydrogen) atoms. The summed E-state index contributed by atoms with van der Waals surface area (Å²) in [5, 5.41) is 3.79. The molecule has 2 saturated carbocycles. The third kappa shape index (κ3) is 1.74. The Morgan fingerprint density at radius 3 is 2.76 bits per heavy atom. The molecule has 1 aromatic rings. The summed E-state index contributed by atoms with van der Waals surface area (Å²) < 4.78 is 2.21. The minimum atomic E-state index is 0.575. The van der Waals surface area contributed by atoms with Crippen LogP contribution in [0, 0.1) is 17.3 Å². The highest BCUT2D eigenvalue weighted by atomic mass is 15.0. The number of nitrogens with one attached hydrogen (secondary N) is 1. The minimum absolute atomic E-state index is 0.575. The van der Waals surface area contributed by atoms with Crippen molar-refractivity contribution in [2.75, 3.05) is 0 Å². The van der Waals surface area contributed by atoms with E-state index in [2.05, 4.69) is 49.1 Å².